The molecule has 1 rings (SSSR count). The van der Waals surface area contributed by atoms with E-state index in [1.54, 1.807) is 12.1 Å². The minimum atomic E-state index is -1.25. The number of carboxylic acids is 1. The lowest BCUT2D eigenvalue weighted by Crippen LogP contribution is -2.27. The van der Waals surface area contributed by atoms with E-state index in [1.807, 2.05) is 19.1 Å². The molecule has 0 spiro atoms. The summed E-state index contributed by atoms with van der Waals surface area (Å²) in [5, 5.41) is 8.34. The van der Waals surface area contributed by atoms with Gasteiger partial charge in [-0.05, 0) is 6.92 Å². The van der Waals surface area contributed by atoms with E-state index in [1.165, 1.54) is 0 Å². The standard InChI is InChI=1S/C11H11NO4S/c1-7-2-4-8(5-3-7)11(17)12-16-10(15)6-9(13)14/h2-5H,6H2,1H3,(H,12,17)(H,13,14). The van der Waals surface area contributed by atoms with Crippen LogP contribution in [0.1, 0.15) is 17.5 Å². The Hall–Kier alpha value is -1.95. The van der Waals surface area contributed by atoms with Gasteiger partial charge in [-0.1, -0.05) is 42.0 Å². The molecule has 6 heteroatoms. The lowest BCUT2D eigenvalue weighted by Gasteiger charge is -2.07. The van der Waals surface area contributed by atoms with Gasteiger partial charge in [0.25, 0.3) is 0 Å². The molecule has 90 valence electrons. The highest BCUT2D eigenvalue weighted by atomic mass is 32.1. The molecule has 0 atom stereocenters. The van der Waals surface area contributed by atoms with Crippen LogP contribution in [0.15, 0.2) is 24.3 Å². The average molecular weight is 253 g/mol. The SMILES string of the molecule is Cc1ccc(C(=S)NOC(=O)CC(=O)O)cc1. The number of aryl methyl sites for hydroxylation is 1. The van der Waals surface area contributed by atoms with Crippen LogP contribution in [0, 0.1) is 6.92 Å². The summed E-state index contributed by atoms with van der Waals surface area (Å²) in [5.41, 5.74) is 4.01. The summed E-state index contributed by atoms with van der Waals surface area (Å²) in [4.78, 5) is 25.8. The lowest BCUT2D eigenvalue weighted by atomic mass is 10.1. The van der Waals surface area contributed by atoms with Crippen molar-refractivity contribution < 1.29 is 19.5 Å². The second-order valence-electron chi connectivity index (χ2n) is 3.34. The fourth-order valence-corrected chi connectivity index (χ4v) is 1.20. The molecular formula is C11H11NO4S. The third kappa shape index (κ3) is 4.60. The number of thiocarbonyl (C=S) groups is 1. The Morgan fingerprint density at radius 2 is 1.94 bits per heavy atom. The van der Waals surface area contributed by atoms with Crippen molar-refractivity contribution in [1.29, 1.82) is 0 Å². The highest BCUT2D eigenvalue weighted by molar-refractivity contribution is 7.80. The van der Waals surface area contributed by atoms with Gasteiger partial charge < -0.3 is 9.94 Å². The van der Waals surface area contributed by atoms with Crippen LogP contribution in [0.4, 0.5) is 0 Å². The van der Waals surface area contributed by atoms with E-state index >= 15 is 0 Å². The first kappa shape index (κ1) is 13.1. The van der Waals surface area contributed by atoms with E-state index in [4.69, 9.17) is 17.3 Å². The number of rotatable bonds is 3. The molecule has 2 N–H and O–H groups in total. The zero-order chi connectivity index (χ0) is 12.8. The molecule has 0 aliphatic heterocycles. The molecule has 0 saturated heterocycles. The molecule has 17 heavy (non-hydrogen) atoms. The van der Waals surface area contributed by atoms with Crippen LogP contribution in [0.5, 0.6) is 0 Å². The quantitative estimate of drug-likeness (QED) is 0.479. The number of carboxylic acid groups (broad SMARTS) is 1. The van der Waals surface area contributed by atoms with Crippen LogP contribution in [0.2, 0.25) is 0 Å². The summed E-state index contributed by atoms with van der Waals surface area (Å²) in [7, 11) is 0. The van der Waals surface area contributed by atoms with Gasteiger partial charge in [0.15, 0.2) is 0 Å². The average Bonchev–Trinajstić information content (AvgIpc) is 2.26. The number of nitrogens with one attached hydrogen (secondary N) is 1. The van der Waals surface area contributed by atoms with Gasteiger partial charge in [-0.25, -0.2) is 10.3 Å². The number of benzene rings is 1. The molecule has 1 aromatic rings. The molecular weight excluding hydrogens is 242 g/mol. The van der Waals surface area contributed by atoms with Gasteiger partial charge in [0.2, 0.25) is 0 Å². The van der Waals surface area contributed by atoms with Gasteiger partial charge in [-0.15, -0.1) is 0 Å². The third-order valence-electron chi connectivity index (χ3n) is 1.87. The van der Waals surface area contributed by atoms with Crippen LogP contribution < -0.4 is 5.48 Å². The van der Waals surface area contributed by atoms with E-state index in [0.717, 1.165) is 5.56 Å². The summed E-state index contributed by atoms with van der Waals surface area (Å²) in [5.74, 6) is -2.15. The Morgan fingerprint density at radius 1 is 1.35 bits per heavy atom. The maximum Gasteiger partial charge on any atom is 0.343 e. The van der Waals surface area contributed by atoms with Crippen molar-refractivity contribution in [3.8, 4) is 0 Å². The largest absolute Gasteiger partial charge is 0.481 e. The summed E-state index contributed by atoms with van der Waals surface area (Å²) >= 11 is 4.96. The molecule has 5 nitrogen and oxygen atoms in total. The number of hydroxylamine groups is 1. The summed E-state index contributed by atoms with van der Waals surface area (Å²) in [6, 6.07) is 7.27. The first-order valence-corrected chi connectivity index (χ1v) is 5.18. The zero-order valence-electron chi connectivity index (χ0n) is 9.10. The smallest absolute Gasteiger partial charge is 0.343 e. The Kier molecular flexibility index (Phi) is 4.59. The van der Waals surface area contributed by atoms with Crippen LogP contribution in [-0.4, -0.2) is 22.0 Å². The topological polar surface area (TPSA) is 75.6 Å². The first-order chi connectivity index (χ1) is 7.99. The molecule has 0 bridgehead atoms. The molecule has 0 aromatic heterocycles. The number of hydrogen-bond donors (Lipinski definition) is 2. The van der Waals surface area contributed by atoms with Gasteiger partial charge in [0, 0.05) is 5.56 Å². The lowest BCUT2D eigenvalue weighted by molar-refractivity contribution is -0.154. The van der Waals surface area contributed by atoms with Crippen LogP contribution >= 0.6 is 12.2 Å². The molecule has 0 aliphatic carbocycles. The monoisotopic (exact) mass is 253 g/mol. The number of aliphatic carboxylic acids is 1. The predicted molar refractivity (Wildman–Crippen MR) is 64.4 cm³/mol. The van der Waals surface area contributed by atoms with E-state index in [2.05, 4.69) is 10.3 Å². The molecule has 1 aromatic carbocycles. The van der Waals surface area contributed by atoms with E-state index in [9.17, 15) is 9.59 Å². The highest BCUT2D eigenvalue weighted by Crippen LogP contribution is 2.03. The summed E-state index contributed by atoms with van der Waals surface area (Å²) in [6.07, 6.45) is -0.705. The Labute approximate surface area is 103 Å². The Balaban J connectivity index is 2.47. The molecule has 0 aliphatic rings. The van der Waals surface area contributed by atoms with Crippen LogP contribution in [0.3, 0.4) is 0 Å². The van der Waals surface area contributed by atoms with Crippen LogP contribution in [-0.2, 0) is 14.4 Å². The van der Waals surface area contributed by atoms with E-state index < -0.39 is 18.4 Å². The zero-order valence-corrected chi connectivity index (χ0v) is 9.91. The van der Waals surface area contributed by atoms with Gasteiger partial charge in [0.05, 0.1) is 0 Å². The molecule has 0 saturated carbocycles. The van der Waals surface area contributed by atoms with Crippen molar-refractivity contribution >= 4 is 29.1 Å². The van der Waals surface area contributed by atoms with Gasteiger partial charge in [-0.3, -0.25) is 4.79 Å². The number of carbonyl (C=O) groups excluding carboxylic acids is 1. The van der Waals surface area contributed by atoms with Crippen molar-refractivity contribution in [3.05, 3.63) is 35.4 Å². The van der Waals surface area contributed by atoms with Crippen LogP contribution in [0.25, 0.3) is 0 Å². The van der Waals surface area contributed by atoms with E-state index in [-0.39, 0.29) is 4.99 Å². The second kappa shape index (κ2) is 5.95. The first-order valence-electron chi connectivity index (χ1n) is 4.77. The fraction of sp³-hybridized carbons (Fsp3) is 0.182. The fourth-order valence-electron chi connectivity index (χ4n) is 1.03. The molecule has 0 radical (unpaired) electrons. The van der Waals surface area contributed by atoms with Gasteiger partial charge >= 0.3 is 11.9 Å². The molecule has 0 amide bonds. The van der Waals surface area contributed by atoms with Gasteiger partial charge in [-0.2, -0.15) is 0 Å². The second-order valence-corrected chi connectivity index (χ2v) is 3.75. The van der Waals surface area contributed by atoms with Gasteiger partial charge in [0.1, 0.15) is 11.4 Å². The minimum Gasteiger partial charge on any atom is -0.481 e. The normalized spacial score (nSPS) is 9.47. The molecule has 0 unspecified atom stereocenters. The summed E-state index contributed by atoms with van der Waals surface area (Å²) < 4.78 is 0. The maximum atomic E-state index is 10.9. The summed E-state index contributed by atoms with van der Waals surface area (Å²) in [6.45, 7) is 1.94. The molecule has 0 heterocycles. The number of carbonyl (C=O) groups is 2. The minimum absolute atomic E-state index is 0.226. The third-order valence-corrected chi connectivity index (χ3v) is 2.19. The van der Waals surface area contributed by atoms with Crippen molar-refractivity contribution in [1.82, 2.24) is 5.48 Å². The maximum absolute atomic E-state index is 10.9. The highest BCUT2D eigenvalue weighted by Gasteiger charge is 2.10. The van der Waals surface area contributed by atoms with E-state index in [0.29, 0.717) is 5.56 Å². The molecule has 0 fully saturated rings. The van der Waals surface area contributed by atoms with Crippen molar-refractivity contribution in [2.45, 2.75) is 13.3 Å². The Bertz CT molecular complexity index is 441. The van der Waals surface area contributed by atoms with Crippen molar-refractivity contribution in [2.24, 2.45) is 0 Å². The van der Waals surface area contributed by atoms with Crippen molar-refractivity contribution in [2.75, 3.05) is 0 Å². The van der Waals surface area contributed by atoms with Crippen molar-refractivity contribution in [3.63, 3.8) is 0 Å². The predicted octanol–water partition coefficient (Wildman–Crippen LogP) is 1.19. The Morgan fingerprint density at radius 3 is 2.47 bits per heavy atom. The number of hydrogen-bond acceptors (Lipinski definition) is 4.